The van der Waals surface area contributed by atoms with E-state index in [9.17, 15) is 5.26 Å². The predicted octanol–water partition coefficient (Wildman–Crippen LogP) is 7.78. The van der Waals surface area contributed by atoms with Gasteiger partial charge >= 0.3 is 0 Å². The molecule has 6 rings (SSSR count). The molecule has 0 radical (unpaired) electrons. The number of likely N-dealkylation sites (tertiary alicyclic amines) is 1. The lowest BCUT2D eigenvalue weighted by molar-refractivity contribution is -0.0148. The van der Waals surface area contributed by atoms with Crippen LogP contribution in [-0.2, 0) is 16.9 Å². The molecular formula is C31H29Cl2N3O. The van der Waals surface area contributed by atoms with Gasteiger partial charge in [-0.25, -0.2) is 0 Å². The van der Waals surface area contributed by atoms with Gasteiger partial charge in [-0.3, -0.25) is 0 Å². The second-order valence-corrected chi connectivity index (χ2v) is 11.1. The Hall–Kier alpha value is -2.81. The van der Waals surface area contributed by atoms with Gasteiger partial charge < -0.3 is 14.6 Å². The summed E-state index contributed by atoms with van der Waals surface area (Å²) in [6.07, 6.45) is 6.40. The number of benzene rings is 3. The number of nitriles is 1. The minimum Gasteiger partial charge on any atom is -0.361 e. The summed E-state index contributed by atoms with van der Waals surface area (Å²) in [5, 5.41) is 12.1. The van der Waals surface area contributed by atoms with E-state index < -0.39 is 5.60 Å². The van der Waals surface area contributed by atoms with Gasteiger partial charge in [0.2, 0.25) is 0 Å². The van der Waals surface area contributed by atoms with Crippen molar-refractivity contribution in [3.63, 3.8) is 0 Å². The Kier molecular flexibility index (Phi) is 6.73. The molecule has 1 aromatic heterocycles. The predicted molar refractivity (Wildman–Crippen MR) is 149 cm³/mol. The van der Waals surface area contributed by atoms with Gasteiger partial charge in [0.1, 0.15) is 5.60 Å². The first-order chi connectivity index (χ1) is 18.1. The van der Waals surface area contributed by atoms with Crippen LogP contribution in [0.2, 0.25) is 10.0 Å². The van der Waals surface area contributed by atoms with Crippen LogP contribution in [0.1, 0.15) is 59.4 Å². The number of aromatic nitrogens is 1. The Morgan fingerprint density at radius 2 is 1.78 bits per heavy atom. The minimum absolute atomic E-state index is 0.502. The van der Waals surface area contributed by atoms with Crippen LogP contribution in [0.25, 0.3) is 10.9 Å². The SMILES string of the molecule is N#Cc1ccc2c(c1)COC2(CCCN1CCC(c2c[nH]c3cc(Cl)ccc23)CC1)c1ccc(Cl)cc1. The van der Waals surface area contributed by atoms with Gasteiger partial charge in [-0.2, -0.15) is 5.26 Å². The Bertz CT molecular complexity index is 1460. The molecule has 1 unspecified atom stereocenters. The van der Waals surface area contributed by atoms with E-state index in [-0.39, 0.29) is 0 Å². The van der Waals surface area contributed by atoms with Gasteiger partial charge in [0.25, 0.3) is 0 Å². The van der Waals surface area contributed by atoms with Crippen LogP contribution in [0.4, 0.5) is 0 Å². The number of aromatic amines is 1. The number of fused-ring (bicyclic) bond motifs is 2. The third-order valence-electron chi connectivity index (χ3n) is 8.16. The maximum Gasteiger partial charge on any atom is 0.119 e. The summed E-state index contributed by atoms with van der Waals surface area (Å²) in [5.41, 5.74) is 6.12. The number of hydrogen-bond donors (Lipinski definition) is 1. The lowest BCUT2D eigenvalue weighted by Gasteiger charge is -2.34. The molecule has 0 saturated carbocycles. The van der Waals surface area contributed by atoms with Crippen molar-refractivity contribution < 1.29 is 4.74 Å². The van der Waals surface area contributed by atoms with Gasteiger partial charge in [0, 0.05) is 27.1 Å². The summed E-state index contributed by atoms with van der Waals surface area (Å²) in [7, 11) is 0. The maximum atomic E-state index is 9.36. The molecule has 0 amide bonds. The first kappa shape index (κ1) is 24.5. The summed E-state index contributed by atoms with van der Waals surface area (Å²) in [6, 6.07) is 22.4. The van der Waals surface area contributed by atoms with Crippen molar-refractivity contribution in [1.82, 2.24) is 9.88 Å². The van der Waals surface area contributed by atoms with E-state index in [2.05, 4.69) is 46.4 Å². The highest BCUT2D eigenvalue weighted by Gasteiger charge is 2.41. The number of hydrogen-bond acceptors (Lipinski definition) is 3. The number of rotatable bonds is 6. The van der Waals surface area contributed by atoms with Crippen LogP contribution in [0.5, 0.6) is 0 Å². The van der Waals surface area contributed by atoms with Crippen LogP contribution in [0.3, 0.4) is 0 Å². The highest BCUT2D eigenvalue weighted by atomic mass is 35.5. The fraction of sp³-hybridized carbons (Fsp3) is 0.323. The van der Waals surface area contributed by atoms with Crippen molar-refractivity contribution in [2.45, 2.75) is 43.8 Å². The summed E-state index contributed by atoms with van der Waals surface area (Å²) in [5.74, 6) is 0.575. The van der Waals surface area contributed by atoms with Crippen LogP contribution in [-0.4, -0.2) is 29.5 Å². The standard InChI is InChI=1S/C31H29Cl2N3O/c32-25-5-3-24(4-6-25)31(29-9-2-21(18-34)16-23(29)20-37-31)12-1-13-36-14-10-22(11-15-36)28-19-35-30-17-26(33)7-8-27(28)30/h2-9,16-17,19,22,35H,1,10-15,20H2. The average molecular weight is 530 g/mol. The first-order valence-corrected chi connectivity index (χ1v) is 13.7. The van der Waals surface area contributed by atoms with Crippen LogP contribution in [0.15, 0.2) is 66.9 Å². The largest absolute Gasteiger partial charge is 0.361 e. The van der Waals surface area contributed by atoms with Crippen molar-refractivity contribution >= 4 is 34.1 Å². The van der Waals surface area contributed by atoms with E-state index >= 15 is 0 Å². The zero-order chi connectivity index (χ0) is 25.4. The summed E-state index contributed by atoms with van der Waals surface area (Å²) in [6.45, 7) is 3.76. The third-order valence-corrected chi connectivity index (χ3v) is 8.65. The zero-order valence-electron chi connectivity index (χ0n) is 20.6. The number of ether oxygens (including phenoxy) is 1. The van der Waals surface area contributed by atoms with Gasteiger partial charge in [0.05, 0.1) is 18.2 Å². The monoisotopic (exact) mass is 529 g/mol. The van der Waals surface area contributed by atoms with Crippen LogP contribution < -0.4 is 0 Å². The second kappa shape index (κ2) is 10.2. The fourth-order valence-electron chi connectivity index (χ4n) is 6.24. The number of nitrogens with zero attached hydrogens (tertiary/aromatic N) is 2. The van der Waals surface area contributed by atoms with E-state index in [1.165, 1.54) is 16.5 Å². The van der Waals surface area contributed by atoms with Crippen molar-refractivity contribution in [2.24, 2.45) is 0 Å². The molecule has 1 atom stereocenters. The number of H-pyrrole nitrogens is 1. The highest BCUT2D eigenvalue weighted by Crippen LogP contribution is 2.46. The van der Waals surface area contributed by atoms with Gasteiger partial charge in [-0.1, -0.05) is 47.5 Å². The molecule has 1 saturated heterocycles. The Morgan fingerprint density at radius 3 is 2.57 bits per heavy atom. The third kappa shape index (κ3) is 4.67. The second-order valence-electron chi connectivity index (χ2n) is 10.3. The van der Waals surface area contributed by atoms with E-state index in [1.54, 1.807) is 0 Å². The first-order valence-electron chi connectivity index (χ1n) is 13.0. The molecule has 37 heavy (non-hydrogen) atoms. The topological polar surface area (TPSA) is 52.0 Å². The maximum absolute atomic E-state index is 9.36. The lowest BCUT2D eigenvalue weighted by atomic mass is 9.81. The van der Waals surface area contributed by atoms with Crippen molar-refractivity contribution in [1.29, 1.82) is 5.26 Å². The minimum atomic E-state index is -0.502. The Balaban J connectivity index is 1.14. The molecule has 188 valence electrons. The van der Waals surface area contributed by atoms with Crippen LogP contribution >= 0.6 is 23.2 Å². The molecule has 6 heteroatoms. The van der Waals surface area contributed by atoms with Crippen molar-refractivity contribution in [3.8, 4) is 6.07 Å². The van der Waals surface area contributed by atoms with Crippen molar-refractivity contribution in [2.75, 3.05) is 19.6 Å². The lowest BCUT2D eigenvalue weighted by Crippen LogP contribution is -2.35. The molecule has 1 N–H and O–H groups in total. The molecule has 4 aromatic rings. The number of halogens is 2. The highest BCUT2D eigenvalue weighted by molar-refractivity contribution is 6.31. The van der Waals surface area contributed by atoms with Gasteiger partial charge in [0.15, 0.2) is 0 Å². The van der Waals surface area contributed by atoms with Crippen molar-refractivity contribution in [3.05, 3.63) is 105 Å². The van der Waals surface area contributed by atoms with E-state index in [0.29, 0.717) is 18.1 Å². The molecule has 3 aromatic carbocycles. The van der Waals surface area contributed by atoms with Gasteiger partial charge in [-0.15, -0.1) is 0 Å². The van der Waals surface area contributed by atoms with E-state index in [0.717, 1.165) is 72.0 Å². The molecular weight excluding hydrogens is 501 g/mol. The molecule has 2 aliphatic heterocycles. The summed E-state index contributed by atoms with van der Waals surface area (Å²) in [4.78, 5) is 5.99. The molecule has 0 bridgehead atoms. The normalized spacial score (nSPS) is 20.2. The quantitative estimate of drug-likeness (QED) is 0.277. The summed E-state index contributed by atoms with van der Waals surface area (Å²) < 4.78 is 6.56. The number of nitrogens with one attached hydrogen (secondary N) is 1. The van der Waals surface area contributed by atoms with Gasteiger partial charge in [-0.05, 0) is 110 Å². The summed E-state index contributed by atoms with van der Waals surface area (Å²) >= 11 is 12.4. The smallest absolute Gasteiger partial charge is 0.119 e. The Labute approximate surface area is 227 Å². The molecule has 1 fully saturated rings. The average Bonchev–Trinajstić information content (AvgIpc) is 3.51. The number of piperidine rings is 1. The Morgan fingerprint density at radius 1 is 1.00 bits per heavy atom. The molecule has 4 nitrogen and oxygen atoms in total. The van der Waals surface area contributed by atoms with E-state index in [1.807, 2.05) is 36.4 Å². The zero-order valence-corrected chi connectivity index (χ0v) is 22.2. The molecule has 3 heterocycles. The molecule has 0 aliphatic carbocycles. The fourth-order valence-corrected chi connectivity index (χ4v) is 6.54. The van der Waals surface area contributed by atoms with E-state index in [4.69, 9.17) is 27.9 Å². The molecule has 0 spiro atoms. The molecule has 2 aliphatic rings. The van der Waals surface area contributed by atoms with Crippen LogP contribution in [0, 0.1) is 11.3 Å².